The van der Waals surface area contributed by atoms with E-state index in [2.05, 4.69) is 18.7 Å². The molecule has 4 nitrogen and oxygen atoms in total. The van der Waals surface area contributed by atoms with E-state index >= 15 is 0 Å². The highest BCUT2D eigenvalue weighted by atomic mass is 35.5. The molecule has 0 fully saturated rings. The van der Waals surface area contributed by atoms with Crippen molar-refractivity contribution in [1.29, 1.82) is 0 Å². The molecule has 160 valence electrons. The van der Waals surface area contributed by atoms with E-state index in [1.807, 2.05) is 0 Å². The van der Waals surface area contributed by atoms with E-state index < -0.39 is 0 Å². The molecule has 1 heterocycles. The van der Waals surface area contributed by atoms with Crippen molar-refractivity contribution < 1.29 is 9.52 Å². The number of phenolic OH excluding ortho intramolecular Hbond substituents is 1. The van der Waals surface area contributed by atoms with E-state index in [1.165, 1.54) is 6.26 Å². The number of benzene rings is 2. The first-order valence-corrected chi connectivity index (χ1v) is 11.2. The normalized spacial score (nSPS) is 11.5. The van der Waals surface area contributed by atoms with Gasteiger partial charge in [-0.05, 0) is 50.2 Å². The summed E-state index contributed by atoms with van der Waals surface area (Å²) in [7, 11) is 0. The number of nitrogens with zero attached hydrogens (tertiary/aromatic N) is 1. The average Bonchev–Trinajstić information content (AvgIpc) is 2.72. The minimum atomic E-state index is -0.185. The highest BCUT2D eigenvalue weighted by molar-refractivity contribution is 6.36. The molecule has 0 saturated heterocycles. The van der Waals surface area contributed by atoms with E-state index in [9.17, 15) is 9.90 Å². The van der Waals surface area contributed by atoms with Crippen molar-refractivity contribution in [2.45, 2.75) is 46.1 Å². The molecule has 30 heavy (non-hydrogen) atoms. The third kappa shape index (κ3) is 5.00. The Morgan fingerprint density at radius 1 is 1.00 bits per heavy atom. The zero-order valence-electron chi connectivity index (χ0n) is 17.4. The molecule has 0 unspecified atom stereocenters. The summed E-state index contributed by atoms with van der Waals surface area (Å²) >= 11 is 12.3. The van der Waals surface area contributed by atoms with Crippen LogP contribution in [-0.2, 0) is 6.54 Å². The second kappa shape index (κ2) is 10.3. The molecule has 1 aromatic heterocycles. The lowest BCUT2D eigenvalue weighted by molar-refractivity contribution is 0.253. The summed E-state index contributed by atoms with van der Waals surface area (Å²) < 4.78 is 5.91. The van der Waals surface area contributed by atoms with Crippen LogP contribution in [0.25, 0.3) is 22.1 Å². The van der Waals surface area contributed by atoms with E-state index in [1.54, 1.807) is 30.3 Å². The summed E-state index contributed by atoms with van der Waals surface area (Å²) in [4.78, 5) is 15.5. The second-order valence-electron chi connectivity index (χ2n) is 7.53. The first-order chi connectivity index (χ1) is 14.5. The highest BCUT2D eigenvalue weighted by Crippen LogP contribution is 2.32. The fourth-order valence-electron chi connectivity index (χ4n) is 3.55. The molecule has 0 aliphatic rings. The monoisotopic (exact) mass is 447 g/mol. The van der Waals surface area contributed by atoms with Crippen LogP contribution in [0.2, 0.25) is 10.0 Å². The van der Waals surface area contributed by atoms with E-state index in [4.69, 9.17) is 27.6 Å². The van der Waals surface area contributed by atoms with E-state index in [-0.39, 0.29) is 11.2 Å². The number of unbranched alkanes of at least 4 members (excludes halogenated alkanes) is 2. The van der Waals surface area contributed by atoms with Crippen molar-refractivity contribution in [2.75, 3.05) is 13.1 Å². The van der Waals surface area contributed by atoms with Gasteiger partial charge in [0, 0.05) is 17.1 Å². The maximum Gasteiger partial charge on any atom is 0.200 e. The summed E-state index contributed by atoms with van der Waals surface area (Å²) in [6, 6.07) is 8.17. The van der Waals surface area contributed by atoms with Crippen LogP contribution in [0.1, 0.15) is 45.1 Å². The van der Waals surface area contributed by atoms with Crippen LogP contribution in [0.4, 0.5) is 0 Å². The summed E-state index contributed by atoms with van der Waals surface area (Å²) in [5, 5.41) is 11.9. The van der Waals surface area contributed by atoms with Gasteiger partial charge in [0.15, 0.2) is 0 Å². The van der Waals surface area contributed by atoms with Gasteiger partial charge in [0.2, 0.25) is 5.43 Å². The molecule has 0 amide bonds. The zero-order chi connectivity index (χ0) is 21.7. The molecule has 0 radical (unpaired) electrons. The maximum atomic E-state index is 13.2. The molecule has 0 saturated carbocycles. The van der Waals surface area contributed by atoms with E-state index in [0.29, 0.717) is 44.2 Å². The summed E-state index contributed by atoms with van der Waals surface area (Å²) in [5.74, 6) is 0.140. The van der Waals surface area contributed by atoms with Gasteiger partial charge in [-0.15, -0.1) is 0 Å². The average molecular weight is 448 g/mol. The summed E-state index contributed by atoms with van der Waals surface area (Å²) in [6.07, 6.45) is 5.79. The molecule has 0 atom stereocenters. The number of rotatable bonds is 9. The van der Waals surface area contributed by atoms with Crippen LogP contribution in [-0.4, -0.2) is 23.1 Å². The summed E-state index contributed by atoms with van der Waals surface area (Å²) in [6.45, 7) is 6.74. The molecule has 0 bridgehead atoms. The Labute approximate surface area is 187 Å². The number of phenols is 1. The zero-order valence-corrected chi connectivity index (χ0v) is 18.9. The largest absolute Gasteiger partial charge is 0.507 e. The van der Waals surface area contributed by atoms with Gasteiger partial charge in [0.25, 0.3) is 0 Å². The van der Waals surface area contributed by atoms with Crippen LogP contribution < -0.4 is 5.43 Å². The number of hydrogen-bond donors (Lipinski definition) is 1. The van der Waals surface area contributed by atoms with Crippen LogP contribution in [0.15, 0.2) is 45.8 Å². The van der Waals surface area contributed by atoms with Crippen molar-refractivity contribution >= 4 is 34.2 Å². The lowest BCUT2D eigenvalue weighted by atomic mass is 10.0. The third-order valence-corrected chi connectivity index (χ3v) is 5.83. The Bertz CT molecular complexity index is 1070. The van der Waals surface area contributed by atoms with Gasteiger partial charge >= 0.3 is 0 Å². The van der Waals surface area contributed by atoms with Crippen molar-refractivity contribution in [2.24, 2.45) is 0 Å². The van der Waals surface area contributed by atoms with Gasteiger partial charge in [-0.2, -0.15) is 0 Å². The standard InChI is InChI=1S/C24H27Cl2NO3/c1-3-5-11-27(12-6-4-2)14-19-22(28)10-9-18-23(29)20(15-30-24(18)19)17-8-7-16(25)13-21(17)26/h7-10,13,15,28H,3-6,11-12,14H2,1-2H3. The Balaban J connectivity index is 2.05. The number of halogens is 2. The molecule has 0 spiro atoms. The number of fused-ring (bicyclic) bond motifs is 1. The van der Waals surface area contributed by atoms with Crippen LogP contribution in [0.5, 0.6) is 5.75 Å². The predicted octanol–water partition coefficient (Wildman–Crippen LogP) is 6.87. The minimum absolute atomic E-state index is 0.140. The van der Waals surface area contributed by atoms with Gasteiger partial charge < -0.3 is 9.52 Å². The third-order valence-electron chi connectivity index (χ3n) is 5.28. The summed E-state index contributed by atoms with van der Waals surface area (Å²) in [5.41, 5.74) is 1.82. The number of aromatic hydroxyl groups is 1. The van der Waals surface area contributed by atoms with Crippen molar-refractivity contribution in [3.8, 4) is 16.9 Å². The van der Waals surface area contributed by atoms with E-state index in [0.717, 1.165) is 38.8 Å². The molecule has 3 aromatic rings. The van der Waals surface area contributed by atoms with Crippen molar-refractivity contribution in [3.05, 3.63) is 62.4 Å². The topological polar surface area (TPSA) is 53.7 Å². The van der Waals surface area contributed by atoms with Crippen LogP contribution in [0.3, 0.4) is 0 Å². The first kappa shape index (κ1) is 22.7. The number of hydrogen-bond acceptors (Lipinski definition) is 4. The molecular weight excluding hydrogens is 421 g/mol. The molecule has 3 rings (SSSR count). The lowest BCUT2D eigenvalue weighted by Gasteiger charge is -2.23. The van der Waals surface area contributed by atoms with Crippen LogP contribution in [0, 0.1) is 0 Å². The Morgan fingerprint density at radius 3 is 2.33 bits per heavy atom. The second-order valence-corrected chi connectivity index (χ2v) is 8.37. The van der Waals surface area contributed by atoms with Crippen molar-refractivity contribution in [3.63, 3.8) is 0 Å². The minimum Gasteiger partial charge on any atom is -0.507 e. The molecule has 1 N–H and O–H groups in total. The fraction of sp³-hybridized carbons (Fsp3) is 0.375. The molecule has 0 aliphatic carbocycles. The first-order valence-electron chi connectivity index (χ1n) is 10.4. The smallest absolute Gasteiger partial charge is 0.200 e. The Morgan fingerprint density at radius 2 is 1.70 bits per heavy atom. The predicted molar refractivity (Wildman–Crippen MR) is 125 cm³/mol. The fourth-order valence-corrected chi connectivity index (χ4v) is 4.06. The highest BCUT2D eigenvalue weighted by Gasteiger charge is 2.18. The van der Waals surface area contributed by atoms with Crippen LogP contribution >= 0.6 is 23.2 Å². The molecule has 0 aliphatic heterocycles. The molecule has 6 heteroatoms. The van der Waals surface area contributed by atoms with Gasteiger partial charge in [-0.1, -0.05) is 56.0 Å². The van der Waals surface area contributed by atoms with Gasteiger partial charge in [0.1, 0.15) is 17.6 Å². The Kier molecular flexibility index (Phi) is 7.81. The molecular formula is C24H27Cl2NO3. The SMILES string of the molecule is CCCCN(CCCC)Cc1c(O)ccc2c(=O)c(-c3ccc(Cl)cc3Cl)coc12. The van der Waals surface area contributed by atoms with Gasteiger partial charge in [-0.25, -0.2) is 0 Å². The lowest BCUT2D eigenvalue weighted by Crippen LogP contribution is -2.26. The maximum absolute atomic E-state index is 13.2. The van der Waals surface area contributed by atoms with Crippen molar-refractivity contribution in [1.82, 2.24) is 4.90 Å². The van der Waals surface area contributed by atoms with Gasteiger partial charge in [-0.3, -0.25) is 9.69 Å². The molecule has 2 aromatic carbocycles. The van der Waals surface area contributed by atoms with Gasteiger partial charge in [0.05, 0.1) is 21.5 Å². The quantitative estimate of drug-likeness (QED) is 0.388. The Hall–Kier alpha value is -2.01.